The lowest BCUT2D eigenvalue weighted by Gasteiger charge is -2.25. The van der Waals surface area contributed by atoms with Crippen LogP contribution in [-0.2, 0) is 10.2 Å². The predicted octanol–water partition coefficient (Wildman–Crippen LogP) is 5.48. The number of H-pyrrole nitrogens is 1. The molecule has 0 aliphatic carbocycles. The highest BCUT2D eigenvalue weighted by Crippen LogP contribution is 2.29. The van der Waals surface area contributed by atoms with Gasteiger partial charge in [0.25, 0.3) is 5.91 Å². The molecule has 1 amide bonds. The fourth-order valence-electron chi connectivity index (χ4n) is 3.78. The largest absolute Gasteiger partial charge is 0.493 e. The molecule has 0 aliphatic rings. The molecular formula is C29H29N3O5. The van der Waals surface area contributed by atoms with Crippen LogP contribution in [0.15, 0.2) is 78.9 Å². The van der Waals surface area contributed by atoms with Crippen molar-refractivity contribution in [3.05, 3.63) is 95.7 Å². The molecule has 0 unspecified atom stereocenters. The highest BCUT2D eigenvalue weighted by Gasteiger charge is 2.24. The lowest BCUT2D eigenvalue weighted by Crippen LogP contribution is -2.26. The number of hydrogen-bond acceptors (Lipinski definition) is 6. The highest BCUT2D eigenvalue weighted by atomic mass is 16.5. The zero-order chi connectivity index (χ0) is 26.4. The minimum atomic E-state index is -0.495. The van der Waals surface area contributed by atoms with Crippen LogP contribution in [0.4, 0.5) is 5.69 Å². The first kappa shape index (κ1) is 25.5. The van der Waals surface area contributed by atoms with Crippen molar-refractivity contribution in [2.75, 3.05) is 26.1 Å². The van der Waals surface area contributed by atoms with Crippen molar-refractivity contribution in [1.29, 1.82) is 0 Å². The Labute approximate surface area is 215 Å². The van der Waals surface area contributed by atoms with E-state index in [1.165, 1.54) is 7.11 Å². The van der Waals surface area contributed by atoms with Crippen LogP contribution in [0, 0.1) is 0 Å². The van der Waals surface area contributed by atoms with Crippen molar-refractivity contribution in [2.45, 2.75) is 19.3 Å². The second-order valence-corrected chi connectivity index (χ2v) is 9.09. The molecule has 37 heavy (non-hydrogen) atoms. The lowest BCUT2D eigenvalue weighted by atomic mass is 9.85. The van der Waals surface area contributed by atoms with Crippen LogP contribution in [0.3, 0.4) is 0 Å². The zero-order valence-corrected chi connectivity index (χ0v) is 21.2. The fourth-order valence-corrected chi connectivity index (χ4v) is 3.78. The molecule has 0 radical (unpaired) electrons. The maximum absolute atomic E-state index is 12.7. The number of nitrogens with one attached hydrogen (secondary N) is 2. The first-order chi connectivity index (χ1) is 17.8. The van der Waals surface area contributed by atoms with Gasteiger partial charge in [-0.25, -0.2) is 4.79 Å². The summed E-state index contributed by atoms with van der Waals surface area (Å²) in [6.45, 7) is 4.13. The maximum atomic E-state index is 12.7. The summed E-state index contributed by atoms with van der Waals surface area (Å²) in [7, 11) is 3.06. The molecule has 0 spiro atoms. The smallest absolute Gasteiger partial charge is 0.358 e. The molecule has 0 fully saturated rings. The van der Waals surface area contributed by atoms with E-state index in [0.717, 1.165) is 16.8 Å². The van der Waals surface area contributed by atoms with E-state index in [1.807, 2.05) is 68.4 Å². The van der Waals surface area contributed by atoms with E-state index in [9.17, 15) is 9.59 Å². The zero-order valence-electron chi connectivity index (χ0n) is 21.2. The average Bonchev–Trinajstić information content (AvgIpc) is 3.43. The molecule has 3 aromatic carbocycles. The number of carbonyl (C=O) groups excluding carboxylic acids is 2. The lowest BCUT2D eigenvalue weighted by molar-refractivity contribution is 0.0420. The third-order valence-corrected chi connectivity index (χ3v) is 6.01. The van der Waals surface area contributed by atoms with Crippen LogP contribution in [0.25, 0.3) is 11.3 Å². The van der Waals surface area contributed by atoms with Crippen LogP contribution in [-0.4, -0.2) is 42.9 Å². The molecule has 1 aromatic heterocycles. The summed E-state index contributed by atoms with van der Waals surface area (Å²) in [5.74, 6) is 0.268. The summed E-state index contributed by atoms with van der Waals surface area (Å²) >= 11 is 0. The standard InChI is InChI=1S/C29H29N3O5/c1-29(2,18-37-28(34)24-17-23(31-32-24)19-8-6-5-7-9-19)21-11-13-22(14-12-21)30-27(33)20-10-15-25(35-3)26(16-20)36-4/h5-17H,18H2,1-4H3,(H,30,33)(H,31,32). The van der Waals surface area contributed by atoms with Gasteiger partial charge in [0, 0.05) is 16.7 Å². The summed E-state index contributed by atoms with van der Waals surface area (Å²) in [4.78, 5) is 25.3. The van der Waals surface area contributed by atoms with E-state index in [0.29, 0.717) is 22.7 Å². The number of nitrogens with zero attached hydrogens (tertiary/aromatic N) is 1. The van der Waals surface area contributed by atoms with Gasteiger partial charge >= 0.3 is 5.97 Å². The molecule has 8 heteroatoms. The number of aromatic nitrogens is 2. The van der Waals surface area contributed by atoms with Gasteiger partial charge in [-0.1, -0.05) is 56.3 Å². The quantitative estimate of drug-likeness (QED) is 0.296. The van der Waals surface area contributed by atoms with Gasteiger partial charge in [0.2, 0.25) is 0 Å². The third-order valence-electron chi connectivity index (χ3n) is 6.01. The Kier molecular flexibility index (Phi) is 7.57. The van der Waals surface area contributed by atoms with E-state index >= 15 is 0 Å². The highest BCUT2D eigenvalue weighted by molar-refractivity contribution is 6.04. The minimum absolute atomic E-state index is 0.163. The Balaban J connectivity index is 1.36. The Morgan fingerprint density at radius 2 is 1.59 bits per heavy atom. The molecular weight excluding hydrogens is 470 g/mol. The number of carbonyl (C=O) groups is 2. The molecule has 4 aromatic rings. The molecule has 0 bridgehead atoms. The third kappa shape index (κ3) is 5.98. The monoisotopic (exact) mass is 499 g/mol. The van der Waals surface area contributed by atoms with Gasteiger partial charge in [-0.15, -0.1) is 0 Å². The second kappa shape index (κ2) is 11.0. The Bertz CT molecular complexity index is 1380. The Morgan fingerprint density at radius 3 is 2.27 bits per heavy atom. The van der Waals surface area contributed by atoms with Crippen LogP contribution < -0.4 is 14.8 Å². The molecule has 2 N–H and O–H groups in total. The van der Waals surface area contributed by atoms with Crippen molar-refractivity contribution >= 4 is 17.6 Å². The van der Waals surface area contributed by atoms with Crippen molar-refractivity contribution in [3.8, 4) is 22.8 Å². The first-order valence-electron chi connectivity index (χ1n) is 11.7. The SMILES string of the molecule is COc1ccc(C(=O)Nc2ccc(C(C)(C)COC(=O)c3cc(-c4ccccc4)[nH]n3)cc2)cc1OC. The van der Waals surface area contributed by atoms with Gasteiger partial charge in [0.05, 0.1) is 19.9 Å². The van der Waals surface area contributed by atoms with Gasteiger partial charge in [-0.3, -0.25) is 9.89 Å². The summed E-state index contributed by atoms with van der Waals surface area (Å²) in [5.41, 5.74) is 3.49. The van der Waals surface area contributed by atoms with Gasteiger partial charge in [0.1, 0.15) is 6.61 Å². The van der Waals surface area contributed by atoms with Crippen LogP contribution in [0.1, 0.15) is 40.3 Å². The molecule has 0 aliphatic heterocycles. The van der Waals surface area contributed by atoms with Gasteiger partial charge < -0.3 is 19.5 Å². The van der Waals surface area contributed by atoms with Crippen molar-refractivity contribution in [1.82, 2.24) is 10.2 Å². The number of anilines is 1. The van der Waals surface area contributed by atoms with Crippen LogP contribution in [0.5, 0.6) is 11.5 Å². The van der Waals surface area contributed by atoms with Gasteiger partial charge in [-0.05, 0) is 47.5 Å². The number of aromatic amines is 1. The molecule has 4 rings (SSSR count). The number of hydrogen-bond donors (Lipinski definition) is 2. The van der Waals surface area contributed by atoms with E-state index in [1.54, 1.807) is 31.4 Å². The second-order valence-electron chi connectivity index (χ2n) is 9.09. The summed E-state index contributed by atoms with van der Waals surface area (Å²) in [5, 5.41) is 9.86. The predicted molar refractivity (Wildman–Crippen MR) is 141 cm³/mol. The number of methoxy groups -OCH3 is 2. The fraction of sp³-hybridized carbons (Fsp3) is 0.207. The molecule has 8 nitrogen and oxygen atoms in total. The van der Waals surface area contributed by atoms with E-state index in [4.69, 9.17) is 14.2 Å². The molecule has 0 atom stereocenters. The van der Waals surface area contributed by atoms with Crippen molar-refractivity contribution in [3.63, 3.8) is 0 Å². The van der Waals surface area contributed by atoms with Crippen LogP contribution >= 0.6 is 0 Å². The van der Waals surface area contributed by atoms with E-state index in [-0.39, 0.29) is 18.2 Å². The van der Waals surface area contributed by atoms with E-state index < -0.39 is 11.4 Å². The number of esters is 1. The summed E-state index contributed by atoms with van der Waals surface area (Å²) in [6, 6.07) is 23.7. The number of rotatable bonds is 9. The average molecular weight is 500 g/mol. The number of amides is 1. The number of ether oxygens (including phenoxy) is 3. The topological polar surface area (TPSA) is 103 Å². The summed E-state index contributed by atoms with van der Waals surface area (Å²) in [6.07, 6.45) is 0. The molecule has 0 saturated heterocycles. The first-order valence-corrected chi connectivity index (χ1v) is 11.7. The van der Waals surface area contributed by atoms with E-state index in [2.05, 4.69) is 15.5 Å². The molecule has 1 heterocycles. The number of benzene rings is 3. The minimum Gasteiger partial charge on any atom is -0.493 e. The van der Waals surface area contributed by atoms with Crippen molar-refractivity contribution in [2.24, 2.45) is 0 Å². The normalized spacial score (nSPS) is 11.0. The Morgan fingerprint density at radius 1 is 0.892 bits per heavy atom. The maximum Gasteiger partial charge on any atom is 0.358 e. The van der Waals surface area contributed by atoms with Gasteiger partial charge in [0.15, 0.2) is 17.2 Å². The Hall–Kier alpha value is -4.59. The molecule has 190 valence electrons. The van der Waals surface area contributed by atoms with Crippen molar-refractivity contribution < 1.29 is 23.8 Å². The molecule has 0 saturated carbocycles. The van der Waals surface area contributed by atoms with Crippen LogP contribution in [0.2, 0.25) is 0 Å². The van der Waals surface area contributed by atoms with Gasteiger partial charge in [-0.2, -0.15) is 5.10 Å². The summed E-state index contributed by atoms with van der Waals surface area (Å²) < 4.78 is 16.1.